The number of carbonyl (C=O) groups is 2. The van der Waals surface area contributed by atoms with Gasteiger partial charge in [0.15, 0.2) is 6.10 Å². The molecule has 5 nitrogen and oxygen atoms in total. The highest BCUT2D eigenvalue weighted by Crippen LogP contribution is 2.14. The van der Waals surface area contributed by atoms with E-state index in [1.807, 2.05) is 0 Å². The minimum Gasteiger partial charge on any atom is -0.462 e. The number of allylic oxidation sites excluding steroid dienone is 6. The summed E-state index contributed by atoms with van der Waals surface area (Å²) in [5, 5.41) is 9.52. The van der Waals surface area contributed by atoms with Gasteiger partial charge >= 0.3 is 11.9 Å². The zero-order valence-corrected chi connectivity index (χ0v) is 28.9. The van der Waals surface area contributed by atoms with Crippen molar-refractivity contribution in [2.45, 2.75) is 187 Å². The highest BCUT2D eigenvalue weighted by Gasteiger charge is 2.16. The monoisotopic (exact) mass is 619 g/mol. The molecule has 0 aromatic heterocycles. The smallest absolute Gasteiger partial charge is 0.306 e. The Morgan fingerprint density at radius 1 is 0.523 bits per heavy atom. The van der Waals surface area contributed by atoms with Crippen LogP contribution < -0.4 is 0 Å². The summed E-state index contributed by atoms with van der Waals surface area (Å²) in [5.41, 5.74) is 0. The molecule has 0 saturated heterocycles. The molecule has 256 valence electrons. The lowest BCUT2D eigenvalue weighted by atomic mass is 10.0. The van der Waals surface area contributed by atoms with E-state index in [9.17, 15) is 14.7 Å². The van der Waals surface area contributed by atoms with Crippen LogP contribution in [0.2, 0.25) is 0 Å². The fourth-order valence-corrected chi connectivity index (χ4v) is 5.09. The molecule has 0 spiro atoms. The average Bonchev–Trinajstić information content (AvgIpc) is 3.02. The van der Waals surface area contributed by atoms with Crippen LogP contribution in [-0.4, -0.2) is 36.4 Å². The molecule has 44 heavy (non-hydrogen) atoms. The van der Waals surface area contributed by atoms with Crippen molar-refractivity contribution in [1.82, 2.24) is 0 Å². The third-order valence-electron chi connectivity index (χ3n) is 7.94. The van der Waals surface area contributed by atoms with Gasteiger partial charge in [-0.3, -0.25) is 9.59 Å². The molecule has 1 atom stereocenters. The number of ether oxygens (including phenoxy) is 2. The van der Waals surface area contributed by atoms with Crippen LogP contribution in [0.3, 0.4) is 0 Å². The summed E-state index contributed by atoms with van der Waals surface area (Å²) in [6, 6.07) is 0. The lowest BCUT2D eigenvalue weighted by molar-refractivity contribution is -0.161. The molecule has 0 aliphatic rings. The molecule has 0 saturated carbocycles. The number of unbranched alkanes of at least 4 members (excludes halogenated alkanes) is 19. The third-order valence-corrected chi connectivity index (χ3v) is 7.94. The normalized spacial score (nSPS) is 12.5. The molecule has 0 aliphatic heterocycles. The number of rotatable bonds is 33. The number of esters is 2. The topological polar surface area (TPSA) is 72.8 Å². The Morgan fingerprint density at radius 3 is 1.41 bits per heavy atom. The molecule has 0 rings (SSSR count). The molecule has 0 fully saturated rings. The molecule has 0 unspecified atom stereocenters. The molecule has 0 aromatic rings. The van der Waals surface area contributed by atoms with E-state index in [1.54, 1.807) is 0 Å². The molecule has 0 aliphatic carbocycles. The SMILES string of the molecule is CCCCC/C=C/C/C=C/C/C=C/CCCCCCC(=O)OC[C@H](CO)OC(=O)CCCCCCCCCCCCCCC. The molecule has 0 heterocycles. The Balaban J connectivity index is 3.61. The van der Waals surface area contributed by atoms with Crippen LogP contribution in [0.25, 0.3) is 0 Å². The minimum absolute atomic E-state index is 0.0752. The van der Waals surface area contributed by atoms with Gasteiger partial charge in [-0.15, -0.1) is 0 Å². The average molecular weight is 619 g/mol. The van der Waals surface area contributed by atoms with E-state index >= 15 is 0 Å². The zero-order chi connectivity index (χ0) is 32.2. The van der Waals surface area contributed by atoms with Crippen molar-refractivity contribution in [3.63, 3.8) is 0 Å². The Labute approximate surface area is 272 Å². The first kappa shape index (κ1) is 42.1. The summed E-state index contributed by atoms with van der Waals surface area (Å²) < 4.78 is 10.6. The number of hydrogen-bond acceptors (Lipinski definition) is 5. The number of aliphatic hydroxyl groups excluding tert-OH is 1. The molecular weight excluding hydrogens is 548 g/mol. The van der Waals surface area contributed by atoms with Crippen LogP contribution >= 0.6 is 0 Å². The first-order valence-corrected chi connectivity index (χ1v) is 18.5. The van der Waals surface area contributed by atoms with E-state index in [-0.39, 0.29) is 25.2 Å². The molecule has 0 radical (unpaired) electrons. The van der Waals surface area contributed by atoms with Crippen molar-refractivity contribution in [2.24, 2.45) is 0 Å². The summed E-state index contributed by atoms with van der Waals surface area (Å²) in [6.45, 7) is 4.08. The van der Waals surface area contributed by atoms with Crippen molar-refractivity contribution in [3.8, 4) is 0 Å². The molecule has 0 amide bonds. The van der Waals surface area contributed by atoms with Gasteiger partial charge in [0, 0.05) is 12.8 Å². The first-order chi connectivity index (χ1) is 21.6. The van der Waals surface area contributed by atoms with Crippen molar-refractivity contribution in [1.29, 1.82) is 0 Å². The summed E-state index contributed by atoms with van der Waals surface area (Å²) in [6.07, 6.45) is 41.9. The second-order valence-electron chi connectivity index (χ2n) is 12.3. The molecular formula is C39H70O5. The predicted octanol–water partition coefficient (Wildman–Crippen LogP) is 11.3. The number of hydrogen-bond donors (Lipinski definition) is 1. The van der Waals surface area contributed by atoms with E-state index in [4.69, 9.17) is 9.47 Å². The number of carbonyl (C=O) groups excluding carboxylic acids is 2. The molecule has 5 heteroatoms. The van der Waals surface area contributed by atoms with Crippen LogP contribution in [0, 0.1) is 0 Å². The van der Waals surface area contributed by atoms with E-state index in [0.717, 1.165) is 64.2 Å². The first-order valence-electron chi connectivity index (χ1n) is 18.5. The van der Waals surface area contributed by atoms with Crippen LogP contribution in [0.15, 0.2) is 36.5 Å². The van der Waals surface area contributed by atoms with Crippen LogP contribution in [0.4, 0.5) is 0 Å². The molecule has 1 N–H and O–H groups in total. The van der Waals surface area contributed by atoms with Gasteiger partial charge in [-0.2, -0.15) is 0 Å². The molecule has 0 bridgehead atoms. The standard InChI is InChI=1S/C39H70O5/c1-3-5-7-9-11-13-15-17-18-19-20-22-23-25-27-29-31-33-38(41)43-36-37(35-40)44-39(42)34-32-30-28-26-24-21-16-14-12-10-8-6-4-2/h11,13,17-18,20,22,37,40H,3-10,12,14-16,19,21,23-36H2,1-2H3/b13-11+,18-17+,22-20+/t37-/m0/s1. The van der Waals surface area contributed by atoms with Crippen molar-refractivity contribution in [3.05, 3.63) is 36.5 Å². The second kappa shape index (κ2) is 35.6. The largest absolute Gasteiger partial charge is 0.462 e. The lowest BCUT2D eigenvalue weighted by Gasteiger charge is -2.15. The van der Waals surface area contributed by atoms with Crippen LogP contribution in [-0.2, 0) is 19.1 Å². The van der Waals surface area contributed by atoms with Crippen molar-refractivity contribution in [2.75, 3.05) is 13.2 Å². The predicted molar refractivity (Wildman–Crippen MR) is 187 cm³/mol. The van der Waals surface area contributed by atoms with Gasteiger partial charge < -0.3 is 14.6 Å². The van der Waals surface area contributed by atoms with Gasteiger partial charge in [0.1, 0.15) is 6.61 Å². The maximum Gasteiger partial charge on any atom is 0.306 e. The summed E-state index contributed by atoms with van der Waals surface area (Å²) in [4.78, 5) is 24.2. The second-order valence-corrected chi connectivity index (χ2v) is 12.3. The van der Waals surface area contributed by atoms with Crippen LogP contribution in [0.5, 0.6) is 0 Å². The van der Waals surface area contributed by atoms with Gasteiger partial charge in [-0.25, -0.2) is 0 Å². The zero-order valence-electron chi connectivity index (χ0n) is 28.9. The highest BCUT2D eigenvalue weighted by atomic mass is 16.6. The number of aliphatic hydroxyl groups is 1. The van der Waals surface area contributed by atoms with Crippen molar-refractivity contribution >= 4 is 11.9 Å². The van der Waals surface area contributed by atoms with E-state index < -0.39 is 6.10 Å². The summed E-state index contributed by atoms with van der Waals surface area (Å²) in [5.74, 6) is -0.614. The fourth-order valence-electron chi connectivity index (χ4n) is 5.09. The minimum atomic E-state index is -0.776. The van der Waals surface area contributed by atoms with Gasteiger partial charge in [0.2, 0.25) is 0 Å². The van der Waals surface area contributed by atoms with E-state index in [2.05, 4.69) is 50.3 Å². The lowest BCUT2D eigenvalue weighted by Crippen LogP contribution is -2.28. The maximum atomic E-state index is 12.1. The quantitative estimate of drug-likeness (QED) is 0.0450. The Bertz CT molecular complexity index is 711. The highest BCUT2D eigenvalue weighted by molar-refractivity contribution is 5.70. The Morgan fingerprint density at radius 2 is 0.909 bits per heavy atom. The maximum absolute atomic E-state index is 12.1. The van der Waals surface area contributed by atoms with Crippen LogP contribution in [0.1, 0.15) is 181 Å². The van der Waals surface area contributed by atoms with Gasteiger partial charge in [-0.1, -0.05) is 153 Å². The third kappa shape index (κ3) is 33.0. The van der Waals surface area contributed by atoms with E-state index in [1.165, 1.54) is 89.9 Å². The molecule has 0 aromatic carbocycles. The summed E-state index contributed by atoms with van der Waals surface area (Å²) in [7, 11) is 0. The summed E-state index contributed by atoms with van der Waals surface area (Å²) >= 11 is 0. The van der Waals surface area contributed by atoms with Crippen molar-refractivity contribution < 1.29 is 24.2 Å². The Kier molecular flexibility index (Phi) is 34.1. The fraction of sp³-hybridized carbons (Fsp3) is 0.795. The van der Waals surface area contributed by atoms with Gasteiger partial charge in [0.25, 0.3) is 0 Å². The van der Waals surface area contributed by atoms with Gasteiger partial charge in [-0.05, 0) is 51.4 Å². The Hall–Kier alpha value is -1.88. The van der Waals surface area contributed by atoms with E-state index in [0.29, 0.717) is 12.8 Å². The van der Waals surface area contributed by atoms with Gasteiger partial charge in [0.05, 0.1) is 6.61 Å².